The zero-order chi connectivity index (χ0) is 21.3. The number of ether oxygens (including phenoxy) is 2. The topological polar surface area (TPSA) is 85.4 Å². The van der Waals surface area contributed by atoms with Gasteiger partial charge in [-0.3, -0.25) is 4.98 Å². The lowest BCUT2D eigenvalue weighted by molar-refractivity contribution is 0.0482. The number of hydrogen-bond acceptors (Lipinski definition) is 6. The first-order valence-corrected chi connectivity index (χ1v) is 10.9. The van der Waals surface area contributed by atoms with Crippen molar-refractivity contribution in [1.29, 1.82) is 0 Å². The average molecular weight is 413 g/mol. The van der Waals surface area contributed by atoms with Crippen molar-refractivity contribution in [3.8, 4) is 5.88 Å². The van der Waals surface area contributed by atoms with E-state index >= 15 is 0 Å². The largest absolute Gasteiger partial charge is 0.481 e. The molecule has 30 heavy (non-hydrogen) atoms. The fourth-order valence-electron chi connectivity index (χ4n) is 4.69. The number of nitrogens with one attached hydrogen (secondary N) is 2. The van der Waals surface area contributed by atoms with Crippen molar-refractivity contribution in [2.75, 3.05) is 19.0 Å². The molecule has 1 amide bonds. The van der Waals surface area contributed by atoms with Gasteiger partial charge in [-0.2, -0.15) is 0 Å². The minimum atomic E-state index is -0.462. The molecule has 2 aliphatic rings. The first-order chi connectivity index (χ1) is 14.3. The van der Waals surface area contributed by atoms with E-state index in [1.54, 1.807) is 7.11 Å². The number of anilines is 1. The molecule has 1 aliphatic heterocycles. The van der Waals surface area contributed by atoms with Gasteiger partial charge >= 0.3 is 6.09 Å². The van der Waals surface area contributed by atoms with E-state index < -0.39 is 5.60 Å². The van der Waals surface area contributed by atoms with Crippen molar-refractivity contribution in [2.24, 2.45) is 11.8 Å². The summed E-state index contributed by atoms with van der Waals surface area (Å²) in [6.45, 7) is 6.63. The molecule has 4 rings (SSSR count). The van der Waals surface area contributed by atoms with Crippen LogP contribution in [0, 0.1) is 11.8 Å². The van der Waals surface area contributed by atoms with E-state index in [9.17, 15) is 4.79 Å². The molecule has 0 bridgehead atoms. The van der Waals surface area contributed by atoms with E-state index in [1.165, 1.54) is 5.56 Å². The fraction of sp³-hybridized carbons (Fsp3) is 0.609. The van der Waals surface area contributed by atoms with Gasteiger partial charge in [-0.25, -0.2) is 9.78 Å². The van der Waals surface area contributed by atoms with E-state index in [-0.39, 0.29) is 12.1 Å². The molecule has 0 spiro atoms. The predicted molar refractivity (Wildman–Crippen MR) is 117 cm³/mol. The summed E-state index contributed by atoms with van der Waals surface area (Å²) in [6, 6.07) is 4.03. The Bertz CT molecular complexity index is 911. The molecule has 2 aromatic heterocycles. The zero-order valence-electron chi connectivity index (χ0n) is 18.3. The number of pyridine rings is 2. The molecule has 1 fully saturated rings. The average Bonchev–Trinajstić information content (AvgIpc) is 2.72. The summed E-state index contributed by atoms with van der Waals surface area (Å²) in [4.78, 5) is 21.3. The number of rotatable bonds is 3. The summed E-state index contributed by atoms with van der Waals surface area (Å²) in [7, 11) is 1.64. The first kappa shape index (κ1) is 20.7. The molecule has 1 unspecified atom stereocenters. The lowest BCUT2D eigenvalue weighted by Gasteiger charge is -2.37. The van der Waals surface area contributed by atoms with Gasteiger partial charge in [0.1, 0.15) is 5.60 Å². The van der Waals surface area contributed by atoms with Crippen LogP contribution in [0.1, 0.15) is 52.0 Å². The molecule has 2 aromatic rings. The first-order valence-electron chi connectivity index (χ1n) is 10.9. The number of carbonyl (C=O) groups is 1. The molecule has 1 aliphatic carbocycles. The number of aromatic nitrogens is 2. The molecule has 1 atom stereocenters. The van der Waals surface area contributed by atoms with Gasteiger partial charge in [-0.1, -0.05) is 0 Å². The number of fused-ring (bicyclic) bond motifs is 3. The van der Waals surface area contributed by atoms with Gasteiger partial charge in [-0.15, -0.1) is 0 Å². The Morgan fingerprint density at radius 3 is 2.63 bits per heavy atom. The molecule has 0 radical (unpaired) electrons. The van der Waals surface area contributed by atoms with Gasteiger partial charge in [0, 0.05) is 24.2 Å². The quantitative estimate of drug-likeness (QED) is 0.782. The van der Waals surface area contributed by atoms with Gasteiger partial charge in [0.05, 0.1) is 30.0 Å². The third-order valence-electron chi connectivity index (χ3n) is 6.18. The van der Waals surface area contributed by atoms with E-state index in [0.29, 0.717) is 17.7 Å². The summed E-state index contributed by atoms with van der Waals surface area (Å²) in [6.07, 6.45) is 6.83. The van der Waals surface area contributed by atoms with Crippen molar-refractivity contribution < 1.29 is 14.3 Å². The van der Waals surface area contributed by atoms with Crippen molar-refractivity contribution in [1.82, 2.24) is 15.3 Å². The maximum Gasteiger partial charge on any atom is 0.407 e. The van der Waals surface area contributed by atoms with Gasteiger partial charge in [-0.05, 0) is 70.8 Å². The molecule has 7 heteroatoms. The second-order valence-electron chi connectivity index (χ2n) is 9.47. The number of methoxy groups -OCH3 is 1. The van der Waals surface area contributed by atoms with Crippen LogP contribution < -0.4 is 15.4 Å². The van der Waals surface area contributed by atoms with Crippen molar-refractivity contribution in [3.05, 3.63) is 23.9 Å². The molecule has 0 aromatic carbocycles. The fourth-order valence-corrected chi connectivity index (χ4v) is 4.69. The Morgan fingerprint density at radius 1 is 1.17 bits per heavy atom. The third kappa shape index (κ3) is 4.60. The monoisotopic (exact) mass is 412 g/mol. The third-order valence-corrected chi connectivity index (χ3v) is 6.18. The highest BCUT2D eigenvalue weighted by atomic mass is 16.6. The Morgan fingerprint density at radius 2 is 1.93 bits per heavy atom. The van der Waals surface area contributed by atoms with Crippen molar-refractivity contribution in [2.45, 2.75) is 64.5 Å². The normalized spacial score (nSPS) is 23.9. The highest BCUT2D eigenvalue weighted by Crippen LogP contribution is 2.38. The van der Waals surface area contributed by atoms with Gasteiger partial charge in [0.25, 0.3) is 0 Å². The van der Waals surface area contributed by atoms with Gasteiger partial charge in [0.15, 0.2) is 0 Å². The minimum Gasteiger partial charge on any atom is -0.481 e. The van der Waals surface area contributed by atoms with E-state index in [2.05, 4.69) is 20.6 Å². The Labute approximate surface area is 178 Å². The number of carbonyl (C=O) groups excluding carboxylic acids is 1. The lowest BCUT2D eigenvalue weighted by atomic mass is 9.74. The molecule has 1 saturated carbocycles. The molecular formula is C23H32N4O3. The summed E-state index contributed by atoms with van der Waals surface area (Å²) in [5.41, 5.74) is 3.70. The highest BCUT2D eigenvalue weighted by Gasteiger charge is 2.32. The number of alkyl carbamates (subject to hydrolysis) is 1. The standard InChI is InChI=1S/C23H32N4O3/c1-23(2,3)30-22(28)26-16-7-5-14(6-8-16)15-11-17-19(24-12-15)13-25-18-9-10-20(29-4)27-21(17)18/h9-10,13-16,24H,5-8,11-12H2,1-4H3,(H,26,28)/t14-,15?,16-. The number of nitrogens with zero attached hydrogens (tertiary/aromatic N) is 2. The maximum atomic E-state index is 12.1. The van der Waals surface area contributed by atoms with Crippen LogP contribution in [0.4, 0.5) is 10.5 Å². The van der Waals surface area contributed by atoms with Crippen LogP contribution in [0.3, 0.4) is 0 Å². The van der Waals surface area contributed by atoms with Crippen LogP contribution in [0.2, 0.25) is 0 Å². The molecule has 2 N–H and O–H groups in total. The van der Waals surface area contributed by atoms with Crippen molar-refractivity contribution in [3.63, 3.8) is 0 Å². The summed E-state index contributed by atoms with van der Waals surface area (Å²) < 4.78 is 10.7. The molecular weight excluding hydrogens is 380 g/mol. The number of hydrogen-bond donors (Lipinski definition) is 2. The van der Waals surface area contributed by atoms with Crippen LogP contribution in [0.25, 0.3) is 11.0 Å². The minimum absolute atomic E-state index is 0.205. The predicted octanol–water partition coefficient (Wildman–Crippen LogP) is 4.31. The Hall–Kier alpha value is -2.57. The molecule has 0 saturated heterocycles. The van der Waals surface area contributed by atoms with E-state index in [1.807, 2.05) is 39.1 Å². The van der Waals surface area contributed by atoms with E-state index in [4.69, 9.17) is 9.47 Å². The smallest absolute Gasteiger partial charge is 0.407 e. The van der Waals surface area contributed by atoms with Gasteiger partial charge in [0.2, 0.25) is 5.88 Å². The Balaban J connectivity index is 1.40. The SMILES string of the molecule is COc1ccc2ncc3c(c2n1)CC([C@H]1CC[C@H](NC(=O)OC(C)(C)C)CC1)CN3. The summed E-state index contributed by atoms with van der Waals surface area (Å²) >= 11 is 0. The van der Waals surface area contributed by atoms with Crippen LogP contribution in [-0.2, 0) is 11.2 Å². The van der Waals surface area contributed by atoms with Crippen molar-refractivity contribution >= 4 is 22.8 Å². The van der Waals surface area contributed by atoms with Crippen LogP contribution >= 0.6 is 0 Å². The van der Waals surface area contributed by atoms with Crippen LogP contribution in [-0.4, -0.2) is 41.4 Å². The van der Waals surface area contributed by atoms with Crippen LogP contribution in [0.5, 0.6) is 5.88 Å². The zero-order valence-corrected chi connectivity index (χ0v) is 18.3. The van der Waals surface area contributed by atoms with Crippen LogP contribution in [0.15, 0.2) is 18.3 Å². The van der Waals surface area contributed by atoms with E-state index in [0.717, 1.165) is 55.4 Å². The maximum absolute atomic E-state index is 12.1. The Kier molecular flexibility index (Phi) is 5.71. The second-order valence-corrected chi connectivity index (χ2v) is 9.47. The summed E-state index contributed by atoms with van der Waals surface area (Å²) in [5.74, 6) is 1.81. The molecule has 7 nitrogen and oxygen atoms in total. The highest BCUT2D eigenvalue weighted by molar-refractivity contribution is 5.83. The van der Waals surface area contributed by atoms with Gasteiger partial charge < -0.3 is 20.1 Å². The second kappa shape index (κ2) is 8.28. The lowest BCUT2D eigenvalue weighted by Crippen LogP contribution is -2.42. The number of amides is 1. The molecule has 3 heterocycles. The molecule has 162 valence electrons. The summed E-state index contributed by atoms with van der Waals surface area (Å²) in [5, 5.41) is 6.62.